The van der Waals surface area contributed by atoms with E-state index in [1.807, 2.05) is 18.9 Å². The monoisotopic (exact) mass is 356 g/mol. The number of hydrogen-bond donors (Lipinski definition) is 0. The highest BCUT2D eigenvalue weighted by Crippen LogP contribution is 2.33. The third-order valence-corrected chi connectivity index (χ3v) is 7.03. The minimum Gasteiger partial charge on any atom is -0.369 e. The number of nitrogens with zero attached hydrogens (tertiary/aromatic N) is 4. The molecule has 2 saturated heterocycles. The number of sulfone groups is 1. The van der Waals surface area contributed by atoms with Gasteiger partial charge in [0, 0.05) is 19.8 Å². The van der Waals surface area contributed by atoms with E-state index in [0.717, 1.165) is 6.54 Å². The van der Waals surface area contributed by atoms with Gasteiger partial charge < -0.3 is 14.5 Å². The lowest BCUT2D eigenvalue weighted by atomic mass is 9.95. The number of amides is 1. The molecule has 1 atom stereocenters. The molecule has 134 valence electrons. The van der Waals surface area contributed by atoms with Gasteiger partial charge in [-0.2, -0.15) is 5.10 Å². The van der Waals surface area contributed by atoms with Crippen LogP contribution < -0.4 is 0 Å². The van der Waals surface area contributed by atoms with E-state index in [9.17, 15) is 13.2 Å². The molecule has 2 aliphatic heterocycles. The maximum atomic E-state index is 12.6. The zero-order valence-corrected chi connectivity index (χ0v) is 15.1. The van der Waals surface area contributed by atoms with Crippen LogP contribution in [0.2, 0.25) is 0 Å². The fourth-order valence-corrected chi connectivity index (χ4v) is 5.22. The first-order valence-electron chi connectivity index (χ1n) is 8.07. The van der Waals surface area contributed by atoms with Gasteiger partial charge in [0.1, 0.15) is 5.60 Å². The highest BCUT2D eigenvalue weighted by atomic mass is 32.2. The molecule has 0 bridgehead atoms. The second-order valence-corrected chi connectivity index (χ2v) is 9.12. The van der Waals surface area contributed by atoms with Crippen LogP contribution in [0.15, 0.2) is 12.4 Å². The van der Waals surface area contributed by atoms with Gasteiger partial charge in [-0.15, -0.1) is 0 Å². The summed E-state index contributed by atoms with van der Waals surface area (Å²) in [4.78, 5) is 15.9. The smallest absolute Gasteiger partial charge is 0.257 e. The minimum atomic E-state index is -3.23. The molecule has 1 aromatic heterocycles. The molecule has 2 fully saturated rings. The first-order chi connectivity index (χ1) is 11.2. The van der Waals surface area contributed by atoms with Crippen molar-refractivity contribution in [1.82, 2.24) is 19.6 Å². The summed E-state index contributed by atoms with van der Waals surface area (Å²) < 4.78 is 32.6. The van der Waals surface area contributed by atoms with Gasteiger partial charge in [-0.25, -0.2) is 8.42 Å². The summed E-state index contributed by atoms with van der Waals surface area (Å²) in [5.41, 5.74) is -0.230. The molecule has 2 aliphatic rings. The van der Waals surface area contributed by atoms with Gasteiger partial charge in [0.25, 0.3) is 5.91 Å². The van der Waals surface area contributed by atoms with Crippen molar-refractivity contribution in [3.63, 3.8) is 0 Å². The largest absolute Gasteiger partial charge is 0.369 e. The summed E-state index contributed by atoms with van der Waals surface area (Å²) in [6, 6.07) is 0. The van der Waals surface area contributed by atoms with Crippen LogP contribution in [0.1, 0.15) is 17.3 Å². The molecule has 0 radical (unpaired) electrons. The fourth-order valence-electron chi connectivity index (χ4n) is 3.23. The van der Waals surface area contributed by atoms with E-state index in [-0.39, 0.29) is 18.3 Å². The number of carbonyl (C=O) groups is 1. The lowest BCUT2D eigenvalue weighted by Crippen LogP contribution is -2.71. The highest BCUT2D eigenvalue weighted by molar-refractivity contribution is 7.92. The van der Waals surface area contributed by atoms with E-state index in [2.05, 4.69) is 5.10 Å². The van der Waals surface area contributed by atoms with Gasteiger partial charge in [0.15, 0.2) is 9.84 Å². The SMILES string of the molecule is CCN(C)C[C@H]1COC2(CN(C(=O)c3cnn(C)c3)C2)CS1(=O)=O. The number of hydrogen-bond acceptors (Lipinski definition) is 6. The predicted molar refractivity (Wildman–Crippen MR) is 88.5 cm³/mol. The summed E-state index contributed by atoms with van der Waals surface area (Å²) >= 11 is 0. The van der Waals surface area contributed by atoms with Crippen LogP contribution in [-0.2, 0) is 21.6 Å². The van der Waals surface area contributed by atoms with Gasteiger partial charge >= 0.3 is 0 Å². The van der Waals surface area contributed by atoms with Crippen molar-refractivity contribution in [3.05, 3.63) is 18.0 Å². The zero-order valence-electron chi connectivity index (χ0n) is 14.3. The first kappa shape index (κ1) is 17.4. The summed E-state index contributed by atoms with van der Waals surface area (Å²) in [7, 11) is 0.421. The van der Waals surface area contributed by atoms with E-state index in [4.69, 9.17) is 4.74 Å². The summed E-state index contributed by atoms with van der Waals surface area (Å²) in [5, 5.41) is 3.50. The molecule has 0 N–H and O–H groups in total. The standard InChI is InChI=1S/C15H24N4O4S/c1-4-17(2)7-13-8-23-15(11-24(13,21)22)9-19(10-15)14(20)12-5-16-18(3)6-12/h5-6,13H,4,7-11H2,1-3H3/t13-/m0/s1. The quantitative estimate of drug-likeness (QED) is 0.715. The lowest BCUT2D eigenvalue weighted by Gasteiger charge is -2.52. The van der Waals surface area contributed by atoms with Crippen molar-refractivity contribution in [3.8, 4) is 0 Å². The molecule has 3 heterocycles. The van der Waals surface area contributed by atoms with Crippen LogP contribution in [0.25, 0.3) is 0 Å². The Hall–Kier alpha value is -1.45. The second-order valence-electron chi connectivity index (χ2n) is 6.84. The summed E-state index contributed by atoms with van der Waals surface area (Å²) in [5.74, 6) is -0.151. The molecular formula is C15H24N4O4S. The van der Waals surface area contributed by atoms with Crippen molar-refractivity contribution in [2.24, 2.45) is 7.05 Å². The topological polar surface area (TPSA) is 84.7 Å². The average molecular weight is 356 g/mol. The minimum absolute atomic E-state index is 0.0148. The Balaban J connectivity index is 1.62. The van der Waals surface area contributed by atoms with Gasteiger partial charge in [0.2, 0.25) is 0 Å². The fraction of sp³-hybridized carbons (Fsp3) is 0.733. The molecular weight excluding hydrogens is 332 g/mol. The zero-order chi connectivity index (χ0) is 17.5. The molecule has 24 heavy (non-hydrogen) atoms. The maximum Gasteiger partial charge on any atom is 0.257 e. The summed E-state index contributed by atoms with van der Waals surface area (Å²) in [6.07, 6.45) is 3.17. The van der Waals surface area contributed by atoms with Crippen LogP contribution in [0.5, 0.6) is 0 Å². The van der Waals surface area contributed by atoms with Gasteiger partial charge in [0.05, 0.1) is 42.5 Å². The third-order valence-electron chi connectivity index (χ3n) is 4.80. The van der Waals surface area contributed by atoms with Gasteiger partial charge in [-0.05, 0) is 13.6 Å². The summed E-state index contributed by atoms with van der Waals surface area (Å²) in [6.45, 7) is 4.09. The van der Waals surface area contributed by atoms with Crippen molar-refractivity contribution < 1.29 is 17.9 Å². The van der Waals surface area contributed by atoms with Crippen molar-refractivity contribution in [2.45, 2.75) is 17.8 Å². The predicted octanol–water partition coefficient (Wildman–Crippen LogP) is -0.620. The number of likely N-dealkylation sites (tertiary alicyclic amines) is 1. The molecule has 9 heteroatoms. The van der Waals surface area contributed by atoms with Crippen LogP contribution in [0, 0.1) is 0 Å². The van der Waals surface area contributed by atoms with E-state index >= 15 is 0 Å². The first-order valence-corrected chi connectivity index (χ1v) is 9.78. The Morgan fingerprint density at radius 2 is 2.21 bits per heavy atom. The molecule has 0 aromatic carbocycles. The normalized spacial score (nSPS) is 25.0. The number of carbonyl (C=O) groups excluding carboxylic acids is 1. The Morgan fingerprint density at radius 3 is 2.75 bits per heavy atom. The molecule has 1 spiro atoms. The third kappa shape index (κ3) is 3.20. The Morgan fingerprint density at radius 1 is 1.50 bits per heavy atom. The van der Waals surface area contributed by atoms with Crippen LogP contribution in [0.4, 0.5) is 0 Å². The average Bonchev–Trinajstić information content (AvgIpc) is 2.92. The Kier molecular flexibility index (Phi) is 4.43. The van der Waals surface area contributed by atoms with E-state index < -0.39 is 20.7 Å². The molecule has 0 aliphatic carbocycles. The van der Waals surface area contributed by atoms with Crippen molar-refractivity contribution in [1.29, 1.82) is 0 Å². The van der Waals surface area contributed by atoms with Crippen LogP contribution in [-0.4, -0.2) is 90.3 Å². The molecule has 0 saturated carbocycles. The Bertz CT molecular complexity index is 724. The number of rotatable bonds is 4. The second kappa shape index (κ2) is 6.12. The highest BCUT2D eigenvalue weighted by Gasteiger charge is 2.54. The number of ether oxygens (including phenoxy) is 1. The molecule has 3 rings (SSSR count). The van der Waals surface area contributed by atoms with Crippen LogP contribution in [0.3, 0.4) is 0 Å². The molecule has 1 amide bonds. The number of aromatic nitrogens is 2. The van der Waals surface area contributed by atoms with Crippen molar-refractivity contribution >= 4 is 15.7 Å². The maximum absolute atomic E-state index is 12.6. The van der Waals surface area contributed by atoms with Crippen molar-refractivity contribution in [2.75, 3.05) is 45.6 Å². The lowest BCUT2D eigenvalue weighted by molar-refractivity contribution is -0.121. The molecule has 8 nitrogen and oxygen atoms in total. The van der Waals surface area contributed by atoms with E-state index in [1.54, 1.807) is 22.8 Å². The van der Waals surface area contributed by atoms with E-state index in [1.165, 1.54) is 6.20 Å². The van der Waals surface area contributed by atoms with Crippen LogP contribution >= 0.6 is 0 Å². The molecule has 0 unspecified atom stereocenters. The Labute approximate surface area is 142 Å². The number of aryl methyl sites for hydroxylation is 1. The van der Waals surface area contributed by atoms with Gasteiger partial charge in [-0.3, -0.25) is 9.48 Å². The van der Waals surface area contributed by atoms with E-state index in [0.29, 0.717) is 25.2 Å². The van der Waals surface area contributed by atoms with Gasteiger partial charge in [-0.1, -0.05) is 6.92 Å². The molecule has 1 aromatic rings.